The molecule has 1 saturated heterocycles. The average molecular weight is 391 g/mol. The maximum Gasteiger partial charge on any atom is 0.253 e. The Labute approximate surface area is 165 Å². The predicted molar refractivity (Wildman–Crippen MR) is 108 cm³/mol. The lowest BCUT2D eigenvalue weighted by atomic mass is 10.0. The van der Waals surface area contributed by atoms with E-state index in [0.29, 0.717) is 35.9 Å². The highest BCUT2D eigenvalue weighted by Gasteiger charge is 2.22. The van der Waals surface area contributed by atoms with Crippen LogP contribution >= 0.6 is 11.8 Å². The second kappa shape index (κ2) is 8.56. The van der Waals surface area contributed by atoms with Crippen molar-refractivity contribution in [3.8, 4) is 0 Å². The molecule has 0 aliphatic carbocycles. The summed E-state index contributed by atoms with van der Waals surface area (Å²) in [5, 5.41) is 8.40. The number of rotatable bonds is 6. The van der Waals surface area contributed by atoms with Gasteiger partial charge in [0.25, 0.3) is 5.78 Å². The van der Waals surface area contributed by atoms with Crippen LogP contribution in [0.2, 0.25) is 0 Å². The van der Waals surface area contributed by atoms with Crippen LogP contribution in [0.1, 0.15) is 50.1 Å². The first-order valence-electron chi connectivity index (χ1n) is 9.69. The minimum atomic E-state index is 0.125. The summed E-state index contributed by atoms with van der Waals surface area (Å²) in [5.74, 6) is 0.750. The number of thioether (sulfide) groups is 1. The predicted octanol–water partition coefficient (Wildman–Crippen LogP) is 2.38. The lowest BCUT2D eigenvalue weighted by Crippen LogP contribution is -2.46. The third kappa shape index (κ3) is 4.60. The summed E-state index contributed by atoms with van der Waals surface area (Å²) in [6.45, 7) is 10.6. The zero-order valence-electron chi connectivity index (χ0n) is 16.9. The maximum absolute atomic E-state index is 12.5. The maximum atomic E-state index is 12.5. The molecule has 1 fully saturated rings. The summed E-state index contributed by atoms with van der Waals surface area (Å²) in [6, 6.07) is 0.883. The first kappa shape index (κ1) is 20.1. The van der Waals surface area contributed by atoms with Gasteiger partial charge in [0, 0.05) is 43.0 Å². The van der Waals surface area contributed by atoms with Crippen LogP contribution in [0.15, 0.2) is 5.16 Å². The first-order chi connectivity index (χ1) is 12.9. The number of nitrogens with zero attached hydrogens (tertiary/aromatic N) is 5. The largest absolute Gasteiger partial charge is 0.353 e. The van der Waals surface area contributed by atoms with Gasteiger partial charge in [-0.2, -0.15) is 4.98 Å². The van der Waals surface area contributed by atoms with Crippen molar-refractivity contribution in [1.29, 1.82) is 0 Å². The van der Waals surface area contributed by atoms with Crippen molar-refractivity contribution in [2.45, 2.75) is 70.6 Å². The Bertz CT molecular complexity index is 810. The number of hydrogen-bond donors (Lipinski definition) is 1. The van der Waals surface area contributed by atoms with Crippen molar-refractivity contribution < 1.29 is 4.79 Å². The molecule has 8 heteroatoms. The molecule has 1 aliphatic heterocycles. The molecular weight excluding hydrogens is 360 g/mol. The van der Waals surface area contributed by atoms with Crippen LogP contribution in [0.3, 0.4) is 0 Å². The fraction of sp³-hybridized carbons (Fsp3) is 0.684. The van der Waals surface area contributed by atoms with Crippen LogP contribution in [-0.2, 0) is 11.2 Å². The number of aromatic nitrogens is 4. The fourth-order valence-corrected chi connectivity index (χ4v) is 4.07. The van der Waals surface area contributed by atoms with Gasteiger partial charge in [0.2, 0.25) is 11.1 Å². The molecule has 0 atom stereocenters. The first-order valence-corrected chi connectivity index (χ1v) is 10.9. The smallest absolute Gasteiger partial charge is 0.253 e. The number of piperidine rings is 1. The molecule has 0 radical (unpaired) electrons. The SMILES string of the molecule is CSc1nc2nc(C)c(CCC(=O)NC3CCN(C(C)C)CC3)c(C)n2n1. The summed E-state index contributed by atoms with van der Waals surface area (Å²) in [4.78, 5) is 23.9. The number of carbonyl (C=O) groups is 1. The van der Waals surface area contributed by atoms with Gasteiger partial charge in [0.1, 0.15) is 0 Å². The van der Waals surface area contributed by atoms with Crippen LogP contribution < -0.4 is 5.32 Å². The van der Waals surface area contributed by atoms with E-state index < -0.39 is 0 Å². The van der Waals surface area contributed by atoms with E-state index in [9.17, 15) is 4.79 Å². The van der Waals surface area contributed by atoms with Crippen LogP contribution in [0.25, 0.3) is 5.78 Å². The fourth-order valence-electron chi connectivity index (χ4n) is 3.74. The van der Waals surface area contributed by atoms with E-state index in [1.54, 1.807) is 4.52 Å². The Balaban J connectivity index is 1.59. The molecular formula is C19H30N6OS. The molecule has 2 aromatic rings. The van der Waals surface area contributed by atoms with Gasteiger partial charge in [-0.25, -0.2) is 9.50 Å². The summed E-state index contributed by atoms with van der Waals surface area (Å²) in [6.07, 6.45) is 5.17. The van der Waals surface area contributed by atoms with Crippen molar-refractivity contribution in [1.82, 2.24) is 29.8 Å². The molecule has 1 amide bonds. The molecule has 3 heterocycles. The summed E-state index contributed by atoms with van der Waals surface area (Å²) in [7, 11) is 0. The summed E-state index contributed by atoms with van der Waals surface area (Å²) < 4.78 is 1.79. The van der Waals surface area contributed by atoms with E-state index >= 15 is 0 Å². The minimum Gasteiger partial charge on any atom is -0.353 e. The zero-order chi connectivity index (χ0) is 19.6. The van der Waals surface area contributed by atoms with Crippen molar-refractivity contribution in [3.63, 3.8) is 0 Å². The Morgan fingerprint density at radius 3 is 2.59 bits per heavy atom. The lowest BCUT2D eigenvalue weighted by Gasteiger charge is -2.34. The number of fused-ring (bicyclic) bond motifs is 1. The van der Waals surface area contributed by atoms with Crippen molar-refractivity contribution >= 4 is 23.4 Å². The number of likely N-dealkylation sites (tertiary alicyclic amines) is 1. The average Bonchev–Trinajstić information content (AvgIpc) is 3.05. The van der Waals surface area contributed by atoms with E-state index in [0.717, 1.165) is 42.9 Å². The quantitative estimate of drug-likeness (QED) is 0.764. The number of aryl methyl sites for hydroxylation is 2. The third-order valence-electron chi connectivity index (χ3n) is 5.44. The molecule has 2 aromatic heterocycles. The van der Waals surface area contributed by atoms with Gasteiger partial charge in [0.15, 0.2) is 0 Å². The lowest BCUT2D eigenvalue weighted by molar-refractivity contribution is -0.122. The summed E-state index contributed by atoms with van der Waals surface area (Å²) >= 11 is 1.50. The van der Waals surface area contributed by atoms with E-state index in [-0.39, 0.29) is 5.91 Å². The van der Waals surface area contributed by atoms with Gasteiger partial charge in [0.05, 0.1) is 0 Å². The molecule has 1 N–H and O–H groups in total. The van der Waals surface area contributed by atoms with Gasteiger partial charge in [-0.1, -0.05) is 11.8 Å². The zero-order valence-corrected chi connectivity index (χ0v) is 17.8. The van der Waals surface area contributed by atoms with Gasteiger partial charge >= 0.3 is 0 Å². The Kier molecular flexibility index (Phi) is 6.37. The number of nitrogens with one attached hydrogen (secondary N) is 1. The van der Waals surface area contributed by atoms with Gasteiger partial charge in [-0.15, -0.1) is 5.10 Å². The number of amides is 1. The second-order valence-corrected chi connectivity index (χ2v) is 8.32. The number of carbonyl (C=O) groups excluding carboxylic acids is 1. The van der Waals surface area contributed by atoms with Gasteiger partial charge in [-0.3, -0.25) is 4.79 Å². The van der Waals surface area contributed by atoms with Crippen LogP contribution in [0.4, 0.5) is 0 Å². The Hall–Kier alpha value is -1.67. The van der Waals surface area contributed by atoms with Gasteiger partial charge < -0.3 is 10.2 Å². The molecule has 0 saturated carbocycles. The monoisotopic (exact) mass is 390 g/mol. The van der Waals surface area contributed by atoms with E-state index in [1.165, 1.54) is 11.8 Å². The molecule has 7 nitrogen and oxygen atoms in total. The third-order valence-corrected chi connectivity index (χ3v) is 5.98. The Morgan fingerprint density at radius 1 is 1.26 bits per heavy atom. The van der Waals surface area contributed by atoms with Crippen molar-refractivity contribution in [2.75, 3.05) is 19.3 Å². The highest BCUT2D eigenvalue weighted by molar-refractivity contribution is 7.98. The van der Waals surface area contributed by atoms with Gasteiger partial charge in [-0.05, 0) is 58.8 Å². The molecule has 1 aliphatic rings. The van der Waals surface area contributed by atoms with Crippen molar-refractivity contribution in [3.05, 3.63) is 17.0 Å². The van der Waals surface area contributed by atoms with E-state index in [2.05, 4.69) is 39.1 Å². The molecule has 0 aromatic carbocycles. The molecule has 0 spiro atoms. The topological polar surface area (TPSA) is 75.4 Å². The number of hydrogen-bond acceptors (Lipinski definition) is 6. The van der Waals surface area contributed by atoms with E-state index in [4.69, 9.17) is 0 Å². The molecule has 0 bridgehead atoms. The minimum absolute atomic E-state index is 0.125. The Morgan fingerprint density at radius 2 is 1.96 bits per heavy atom. The molecule has 148 valence electrons. The van der Waals surface area contributed by atoms with Crippen LogP contribution in [0, 0.1) is 13.8 Å². The molecule has 0 unspecified atom stereocenters. The normalized spacial score (nSPS) is 16.4. The molecule has 27 heavy (non-hydrogen) atoms. The second-order valence-electron chi connectivity index (χ2n) is 7.54. The van der Waals surface area contributed by atoms with E-state index in [1.807, 2.05) is 20.1 Å². The molecule has 3 rings (SSSR count). The van der Waals surface area contributed by atoms with Crippen LogP contribution in [-0.4, -0.2) is 61.8 Å². The highest BCUT2D eigenvalue weighted by atomic mass is 32.2. The standard InChI is InChI=1S/C19H30N6OS/c1-12(2)24-10-8-15(9-11-24)21-17(26)7-6-16-13(3)20-18-22-19(27-5)23-25(18)14(16)4/h12,15H,6-11H2,1-5H3,(H,21,26). The highest BCUT2D eigenvalue weighted by Crippen LogP contribution is 2.18. The van der Waals surface area contributed by atoms with Crippen molar-refractivity contribution in [2.24, 2.45) is 0 Å². The summed E-state index contributed by atoms with van der Waals surface area (Å²) in [5.41, 5.74) is 3.03. The van der Waals surface area contributed by atoms with Crippen LogP contribution in [0.5, 0.6) is 0 Å².